The van der Waals surface area contributed by atoms with Crippen LogP contribution in [0.4, 0.5) is 8.78 Å². The van der Waals surface area contributed by atoms with Gasteiger partial charge in [0, 0.05) is 6.42 Å². The molecule has 1 unspecified atom stereocenters. The van der Waals surface area contributed by atoms with Crippen LogP contribution in [-0.2, 0) is 9.53 Å². The molecular formula is C9H16F2O2S. The Kier molecular flexibility index (Phi) is 7.84. The minimum atomic E-state index is -2.29. The Bertz CT molecular complexity index is 165. The molecule has 0 aromatic carbocycles. The van der Waals surface area contributed by atoms with E-state index in [0.29, 0.717) is 12.2 Å². The number of ether oxygens (including phenoxy) is 1. The van der Waals surface area contributed by atoms with Gasteiger partial charge in [0.1, 0.15) is 5.25 Å². The summed E-state index contributed by atoms with van der Waals surface area (Å²) < 4.78 is 28.2. The number of carbonyl (C=O) groups excluding carboxylic acids is 1. The van der Waals surface area contributed by atoms with E-state index in [1.165, 1.54) is 18.9 Å². The molecule has 0 spiro atoms. The number of alkyl halides is 2. The molecule has 0 radical (unpaired) electrons. The lowest BCUT2D eigenvalue weighted by molar-refractivity contribution is -0.140. The van der Waals surface area contributed by atoms with Crippen molar-refractivity contribution in [3.05, 3.63) is 0 Å². The Morgan fingerprint density at radius 3 is 2.50 bits per heavy atom. The summed E-state index contributed by atoms with van der Waals surface area (Å²) >= 11 is 1.25. The molecule has 2 nitrogen and oxygen atoms in total. The second kappa shape index (κ2) is 8.03. The Balaban J connectivity index is 3.78. The van der Waals surface area contributed by atoms with E-state index in [0.717, 1.165) is 6.42 Å². The van der Waals surface area contributed by atoms with Crippen molar-refractivity contribution >= 4 is 17.7 Å². The average molecular weight is 226 g/mol. The van der Waals surface area contributed by atoms with Crippen LogP contribution >= 0.6 is 11.8 Å². The highest BCUT2D eigenvalue weighted by atomic mass is 32.2. The topological polar surface area (TPSA) is 26.3 Å². The van der Waals surface area contributed by atoms with Crippen LogP contribution in [0.15, 0.2) is 0 Å². The van der Waals surface area contributed by atoms with Gasteiger partial charge in [0.05, 0.1) is 7.11 Å². The standard InChI is InChI=1S/C9H16F2O2S/c1-3-4-7(9(12)13-2)14-6-5-8(10)11/h7-8H,3-6H2,1-2H3. The van der Waals surface area contributed by atoms with Gasteiger partial charge in [-0.1, -0.05) is 13.3 Å². The van der Waals surface area contributed by atoms with Crippen molar-refractivity contribution in [2.75, 3.05) is 12.9 Å². The maximum Gasteiger partial charge on any atom is 0.318 e. The van der Waals surface area contributed by atoms with E-state index in [9.17, 15) is 13.6 Å². The lowest BCUT2D eigenvalue weighted by atomic mass is 10.2. The second-order valence-corrected chi connectivity index (χ2v) is 4.16. The molecule has 0 heterocycles. The van der Waals surface area contributed by atoms with E-state index in [4.69, 9.17) is 0 Å². The molecule has 0 fully saturated rings. The van der Waals surface area contributed by atoms with Crippen molar-refractivity contribution < 1.29 is 18.3 Å². The van der Waals surface area contributed by atoms with Gasteiger partial charge in [-0.05, 0) is 12.2 Å². The Hall–Kier alpha value is -0.320. The molecule has 0 saturated carbocycles. The third-order valence-corrected chi connectivity index (χ3v) is 2.97. The van der Waals surface area contributed by atoms with Gasteiger partial charge >= 0.3 is 5.97 Å². The highest BCUT2D eigenvalue weighted by Crippen LogP contribution is 2.20. The first kappa shape index (κ1) is 13.7. The molecule has 0 aliphatic carbocycles. The first-order valence-electron chi connectivity index (χ1n) is 4.59. The quantitative estimate of drug-likeness (QED) is 0.624. The van der Waals surface area contributed by atoms with Crippen molar-refractivity contribution in [3.8, 4) is 0 Å². The highest BCUT2D eigenvalue weighted by Gasteiger charge is 2.18. The summed E-state index contributed by atoms with van der Waals surface area (Å²) in [4.78, 5) is 11.1. The number of halogens is 2. The largest absolute Gasteiger partial charge is 0.468 e. The van der Waals surface area contributed by atoms with Crippen LogP contribution in [0.1, 0.15) is 26.2 Å². The minimum Gasteiger partial charge on any atom is -0.468 e. The van der Waals surface area contributed by atoms with Gasteiger partial charge in [0.2, 0.25) is 6.43 Å². The number of esters is 1. The number of carbonyl (C=O) groups is 1. The first-order chi connectivity index (χ1) is 6.61. The van der Waals surface area contributed by atoms with E-state index in [-0.39, 0.29) is 17.6 Å². The van der Waals surface area contributed by atoms with Gasteiger partial charge < -0.3 is 4.74 Å². The van der Waals surface area contributed by atoms with Gasteiger partial charge in [-0.3, -0.25) is 4.79 Å². The fraction of sp³-hybridized carbons (Fsp3) is 0.889. The Morgan fingerprint density at radius 1 is 1.43 bits per heavy atom. The third kappa shape index (κ3) is 6.18. The summed E-state index contributed by atoms with van der Waals surface area (Å²) in [5.41, 5.74) is 0. The Morgan fingerprint density at radius 2 is 2.07 bits per heavy atom. The monoisotopic (exact) mass is 226 g/mol. The van der Waals surface area contributed by atoms with Crippen LogP contribution in [0.3, 0.4) is 0 Å². The number of thioether (sulfide) groups is 1. The molecule has 0 aromatic heterocycles. The lowest BCUT2D eigenvalue weighted by Crippen LogP contribution is -2.19. The fourth-order valence-corrected chi connectivity index (χ4v) is 2.20. The molecule has 0 saturated heterocycles. The van der Waals surface area contributed by atoms with Crippen LogP contribution in [0, 0.1) is 0 Å². The van der Waals surface area contributed by atoms with Crippen molar-refractivity contribution in [2.45, 2.75) is 37.9 Å². The number of hydrogen-bond donors (Lipinski definition) is 0. The molecule has 0 bridgehead atoms. The van der Waals surface area contributed by atoms with Crippen LogP contribution in [-0.4, -0.2) is 30.5 Å². The number of methoxy groups -OCH3 is 1. The molecule has 0 amide bonds. The van der Waals surface area contributed by atoms with Crippen LogP contribution < -0.4 is 0 Å². The highest BCUT2D eigenvalue weighted by molar-refractivity contribution is 8.00. The first-order valence-corrected chi connectivity index (χ1v) is 5.64. The van der Waals surface area contributed by atoms with Crippen LogP contribution in [0.25, 0.3) is 0 Å². The Labute approximate surface area is 87.4 Å². The predicted molar refractivity (Wildman–Crippen MR) is 53.8 cm³/mol. The van der Waals surface area contributed by atoms with Crippen molar-refractivity contribution in [1.29, 1.82) is 0 Å². The summed E-state index contributed by atoms with van der Waals surface area (Å²) in [6.07, 6.45) is -0.924. The molecule has 14 heavy (non-hydrogen) atoms. The molecular weight excluding hydrogens is 210 g/mol. The van der Waals surface area contributed by atoms with E-state index in [1.807, 2.05) is 6.92 Å². The molecule has 0 aliphatic heterocycles. The van der Waals surface area contributed by atoms with Gasteiger partial charge in [-0.25, -0.2) is 8.78 Å². The fourth-order valence-electron chi connectivity index (χ4n) is 0.962. The summed E-state index contributed by atoms with van der Waals surface area (Å²) in [7, 11) is 1.32. The molecule has 1 atom stereocenters. The van der Waals surface area contributed by atoms with Gasteiger partial charge in [0.15, 0.2) is 0 Å². The summed E-state index contributed by atoms with van der Waals surface area (Å²) in [6.45, 7) is 1.95. The van der Waals surface area contributed by atoms with Crippen LogP contribution in [0.5, 0.6) is 0 Å². The normalized spacial score (nSPS) is 12.9. The summed E-state index contributed by atoms with van der Waals surface area (Å²) in [5.74, 6) is -0.0108. The third-order valence-electron chi connectivity index (χ3n) is 1.67. The predicted octanol–water partition coefficient (Wildman–Crippen LogP) is 2.72. The SMILES string of the molecule is CCCC(SCCC(F)F)C(=O)OC. The van der Waals surface area contributed by atoms with Crippen molar-refractivity contribution in [1.82, 2.24) is 0 Å². The molecule has 5 heteroatoms. The molecule has 84 valence electrons. The number of hydrogen-bond acceptors (Lipinski definition) is 3. The molecule has 0 aliphatic rings. The van der Waals surface area contributed by atoms with E-state index in [1.54, 1.807) is 0 Å². The molecule has 0 rings (SSSR count). The lowest BCUT2D eigenvalue weighted by Gasteiger charge is -2.12. The van der Waals surface area contributed by atoms with E-state index >= 15 is 0 Å². The summed E-state index contributed by atoms with van der Waals surface area (Å²) in [5, 5.41) is -0.288. The van der Waals surface area contributed by atoms with Gasteiger partial charge in [-0.15, -0.1) is 11.8 Å². The minimum absolute atomic E-state index is 0.165. The smallest absolute Gasteiger partial charge is 0.318 e. The molecule has 0 N–H and O–H groups in total. The van der Waals surface area contributed by atoms with E-state index < -0.39 is 6.43 Å². The molecule has 0 aromatic rings. The summed E-state index contributed by atoms with van der Waals surface area (Å²) in [6, 6.07) is 0. The zero-order valence-electron chi connectivity index (χ0n) is 8.46. The van der Waals surface area contributed by atoms with Crippen LogP contribution in [0.2, 0.25) is 0 Å². The zero-order chi connectivity index (χ0) is 11.0. The van der Waals surface area contributed by atoms with Crippen molar-refractivity contribution in [2.24, 2.45) is 0 Å². The van der Waals surface area contributed by atoms with Gasteiger partial charge in [0.25, 0.3) is 0 Å². The maximum absolute atomic E-state index is 11.8. The zero-order valence-corrected chi connectivity index (χ0v) is 9.28. The van der Waals surface area contributed by atoms with Gasteiger partial charge in [-0.2, -0.15) is 0 Å². The average Bonchev–Trinajstić information content (AvgIpc) is 2.15. The number of rotatable bonds is 7. The second-order valence-electron chi connectivity index (χ2n) is 2.85. The van der Waals surface area contributed by atoms with E-state index in [2.05, 4.69) is 4.74 Å². The van der Waals surface area contributed by atoms with Crippen molar-refractivity contribution in [3.63, 3.8) is 0 Å². The maximum atomic E-state index is 11.8.